The van der Waals surface area contributed by atoms with Gasteiger partial charge in [0.25, 0.3) is 5.91 Å². The number of carbonyl (C=O) groups is 1. The number of pyridine rings is 2. The topological polar surface area (TPSA) is 75.9 Å². The second-order valence-corrected chi connectivity index (χ2v) is 6.60. The van der Waals surface area contributed by atoms with Crippen LogP contribution in [0.2, 0.25) is 0 Å². The number of hydrogen-bond donors (Lipinski definition) is 1. The minimum absolute atomic E-state index is 0.244. The molecule has 0 saturated carbocycles. The Bertz CT molecular complexity index is 912. The highest BCUT2D eigenvalue weighted by Gasteiger charge is 2.19. The van der Waals surface area contributed by atoms with Gasteiger partial charge in [0.2, 0.25) is 0 Å². The first-order chi connectivity index (χ1) is 12.7. The summed E-state index contributed by atoms with van der Waals surface area (Å²) in [7, 11) is 1.82. The summed E-state index contributed by atoms with van der Waals surface area (Å²) in [5, 5.41) is 8.02. The van der Waals surface area contributed by atoms with Gasteiger partial charge >= 0.3 is 0 Å². The van der Waals surface area contributed by atoms with Gasteiger partial charge in [0.15, 0.2) is 11.3 Å². The molecule has 3 aromatic rings. The van der Waals surface area contributed by atoms with E-state index in [1.165, 1.54) is 25.7 Å². The molecule has 7 nitrogen and oxygen atoms in total. The normalized spacial score (nSPS) is 15.0. The van der Waals surface area contributed by atoms with Crippen LogP contribution in [0, 0.1) is 0 Å². The molecular weight excluding hydrogens is 328 g/mol. The lowest BCUT2D eigenvalue weighted by atomic mass is 10.2. The van der Waals surface area contributed by atoms with Gasteiger partial charge in [-0.25, -0.2) is 9.67 Å². The fourth-order valence-electron chi connectivity index (χ4n) is 3.39. The summed E-state index contributed by atoms with van der Waals surface area (Å²) in [5.41, 5.74) is 1.80. The van der Waals surface area contributed by atoms with Gasteiger partial charge in [0.05, 0.1) is 5.39 Å². The molecule has 4 heterocycles. The molecule has 134 valence electrons. The van der Waals surface area contributed by atoms with Gasteiger partial charge in [-0.15, -0.1) is 0 Å². The predicted molar refractivity (Wildman–Crippen MR) is 101 cm³/mol. The maximum atomic E-state index is 12.6. The van der Waals surface area contributed by atoms with Crippen LogP contribution in [-0.4, -0.2) is 38.7 Å². The fraction of sp³-hybridized carbons (Fsp3) is 0.368. The number of rotatable bonds is 3. The lowest BCUT2D eigenvalue weighted by Crippen LogP contribution is -2.24. The molecule has 1 amide bonds. The highest BCUT2D eigenvalue weighted by Crippen LogP contribution is 2.23. The van der Waals surface area contributed by atoms with E-state index >= 15 is 0 Å². The predicted octanol–water partition coefficient (Wildman–Crippen LogP) is 3.00. The Morgan fingerprint density at radius 2 is 1.77 bits per heavy atom. The summed E-state index contributed by atoms with van der Waals surface area (Å²) in [6, 6.07) is 7.45. The molecule has 1 aliphatic heterocycles. The largest absolute Gasteiger partial charge is 0.357 e. The van der Waals surface area contributed by atoms with E-state index in [1.54, 1.807) is 29.2 Å². The second-order valence-electron chi connectivity index (χ2n) is 6.60. The number of aromatic nitrogens is 4. The first-order valence-corrected chi connectivity index (χ1v) is 9.02. The Balaban J connectivity index is 1.64. The molecule has 0 unspecified atom stereocenters. The van der Waals surface area contributed by atoms with Gasteiger partial charge in [-0.1, -0.05) is 12.8 Å². The number of carbonyl (C=O) groups excluding carboxylic acids is 1. The lowest BCUT2D eigenvalue weighted by Gasteiger charge is -2.21. The van der Waals surface area contributed by atoms with E-state index in [4.69, 9.17) is 4.98 Å². The van der Waals surface area contributed by atoms with Crippen LogP contribution in [0.5, 0.6) is 0 Å². The van der Waals surface area contributed by atoms with Crippen LogP contribution in [0.1, 0.15) is 36.2 Å². The number of hydrogen-bond acceptors (Lipinski definition) is 5. The Morgan fingerprint density at radius 1 is 1.04 bits per heavy atom. The molecule has 0 aromatic carbocycles. The molecule has 4 rings (SSSR count). The van der Waals surface area contributed by atoms with Crippen LogP contribution in [0.4, 0.5) is 11.5 Å². The molecule has 1 N–H and O–H groups in total. The number of anilines is 2. The lowest BCUT2D eigenvalue weighted by molar-refractivity contribution is 0.102. The zero-order chi connectivity index (χ0) is 17.9. The van der Waals surface area contributed by atoms with Crippen LogP contribution in [0.15, 0.2) is 36.7 Å². The minimum Gasteiger partial charge on any atom is -0.357 e. The Kier molecular flexibility index (Phi) is 4.51. The molecule has 0 atom stereocenters. The highest BCUT2D eigenvalue weighted by molar-refractivity contribution is 6.10. The molecule has 0 aliphatic carbocycles. The summed E-state index contributed by atoms with van der Waals surface area (Å²) in [5.74, 6) is 0.717. The van der Waals surface area contributed by atoms with E-state index < -0.39 is 0 Å². The van der Waals surface area contributed by atoms with Crippen LogP contribution in [0.3, 0.4) is 0 Å². The summed E-state index contributed by atoms with van der Waals surface area (Å²) in [6.45, 7) is 2.07. The smallest absolute Gasteiger partial charge is 0.276 e. The summed E-state index contributed by atoms with van der Waals surface area (Å²) >= 11 is 0. The van der Waals surface area contributed by atoms with E-state index in [0.29, 0.717) is 11.4 Å². The number of amides is 1. The third-order valence-electron chi connectivity index (χ3n) is 4.76. The molecule has 7 heteroatoms. The van der Waals surface area contributed by atoms with Gasteiger partial charge < -0.3 is 10.2 Å². The summed E-state index contributed by atoms with van der Waals surface area (Å²) < 4.78 is 1.68. The Hall–Kier alpha value is -2.96. The molecular formula is C19H22N6O. The van der Waals surface area contributed by atoms with E-state index in [0.717, 1.165) is 29.9 Å². The zero-order valence-electron chi connectivity index (χ0n) is 14.9. The second kappa shape index (κ2) is 7.11. The van der Waals surface area contributed by atoms with Gasteiger partial charge in [-0.3, -0.25) is 9.78 Å². The van der Waals surface area contributed by atoms with Crippen LogP contribution >= 0.6 is 0 Å². The minimum atomic E-state index is -0.244. The van der Waals surface area contributed by atoms with E-state index in [9.17, 15) is 4.79 Å². The number of aryl methyl sites for hydroxylation is 1. The van der Waals surface area contributed by atoms with Crippen LogP contribution < -0.4 is 10.2 Å². The average Bonchev–Trinajstić information content (AvgIpc) is 2.84. The van der Waals surface area contributed by atoms with Crippen molar-refractivity contribution in [2.24, 2.45) is 7.05 Å². The van der Waals surface area contributed by atoms with Crippen molar-refractivity contribution in [3.63, 3.8) is 0 Å². The van der Waals surface area contributed by atoms with Gasteiger partial charge in [0.1, 0.15) is 5.82 Å². The van der Waals surface area contributed by atoms with Crippen LogP contribution in [0.25, 0.3) is 11.0 Å². The molecule has 0 bridgehead atoms. The quantitative estimate of drug-likeness (QED) is 0.786. The Labute approximate surface area is 152 Å². The molecule has 1 aliphatic rings. The van der Waals surface area contributed by atoms with Crippen molar-refractivity contribution >= 4 is 28.4 Å². The van der Waals surface area contributed by atoms with Gasteiger partial charge in [-0.2, -0.15) is 5.10 Å². The molecule has 26 heavy (non-hydrogen) atoms. The van der Waals surface area contributed by atoms with E-state index in [-0.39, 0.29) is 5.91 Å². The molecule has 1 saturated heterocycles. The summed E-state index contributed by atoms with van der Waals surface area (Å²) in [6.07, 6.45) is 8.24. The number of fused-ring (bicyclic) bond motifs is 1. The highest BCUT2D eigenvalue weighted by atomic mass is 16.2. The maximum absolute atomic E-state index is 12.6. The van der Waals surface area contributed by atoms with E-state index in [1.807, 2.05) is 19.2 Å². The van der Waals surface area contributed by atoms with Crippen molar-refractivity contribution < 1.29 is 4.79 Å². The van der Waals surface area contributed by atoms with Crippen molar-refractivity contribution in [3.05, 3.63) is 42.4 Å². The third-order valence-corrected chi connectivity index (χ3v) is 4.76. The molecule has 0 spiro atoms. The fourth-order valence-corrected chi connectivity index (χ4v) is 3.39. The standard InChI is InChI=1S/C19H22N6O/c1-24-18-15(6-7-16(22-18)25-12-4-2-3-5-13-25)17(23-24)19(26)21-14-8-10-20-11-9-14/h6-11H,2-5,12-13H2,1H3,(H,20,21,26). The Morgan fingerprint density at radius 3 is 2.50 bits per heavy atom. The average molecular weight is 350 g/mol. The molecule has 1 fully saturated rings. The van der Waals surface area contributed by atoms with Crippen molar-refractivity contribution in [1.29, 1.82) is 0 Å². The van der Waals surface area contributed by atoms with Crippen LogP contribution in [-0.2, 0) is 7.05 Å². The first kappa shape index (κ1) is 16.5. The monoisotopic (exact) mass is 350 g/mol. The van der Waals surface area contributed by atoms with Gasteiger partial charge in [-0.05, 0) is 37.1 Å². The summed E-state index contributed by atoms with van der Waals surface area (Å²) in [4.78, 5) is 23.7. The SMILES string of the molecule is Cn1nc(C(=O)Nc2ccncc2)c2ccc(N3CCCCCC3)nc21. The van der Waals surface area contributed by atoms with E-state index in [2.05, 4.69) is 20.3 Å². The first-order valence-electron chi connectivity index (χ1n) is 9.02. The van der Waals surface area contributed by atoms with Crippen molar-refractivity contribution in [2.75, 3.05) is 23.3 Å². The maximum Gasteiger partial charge on any atom is 0.276 e. The number of nitrogens with one attached hydrogen (secondary N) is 1. The van der Waals surface area contributed by atoms with Crippen molar-refractivity contribution in [1.82, 2.24) is 19.7 Å². The van der Waals surface area contributed by atoms with Crippen molar-refractivity contribution in [2.45, 2.75) is 25.7 Å². The van der Waals surface area contributed by atoms with Crippen molar-refractivity contribution in [3.8, 4) is 0 Å². The molecule has 0 radical (unpaired) electrons. The number of nitrogens with zero attached hydrogens (tertiary/aromatic N) is 5. The van der Waals surface area contributed by atoms with Gasteiger partial charge in [0, 0.05) is 38.2 Å². The third kappa shape index (κ3) is 3.24. The zero-order valence-corrected chi connectivity index (χ0v) is 14.9. The molecule has 3 aromatic heterocycles.